The van der Waals surface area contributed by atoms with Crippen LogP contribution in [-0.2, 0) is 0 Å². The van der Waals surface area contributed by atoms with Gasteiger partial charge in [-0.25, -0.2) is 14.8 Å². The molecule has 8 nitrogen and oxygen atoms in total. The van der Waals surface area contributed by atoms with E-state index in [4.69, 9.17) is 0 Å². The van der Waals surface area contributed by atoms with Crippen molar-refractivity contribution in [3.8, 4) is 0 Å². The Kier molecular flexibility index (Phi) is 4.96. The molecule has 1 saturated heterocycles. The van der Waals surface area contributed by atoms with Crippen LogP contribution in [0.4, 0.5) is 15.6 Å². The molecule has 2 N–H and O–H groups in total. The van der Waals surface area contributed by atoms with Crippen LogP contribution in [0.1, 0.15) is 23.2 Å². The van der Waals surface area contributed by atoms with E-state index in [1.54, 1.807) is 41.8 Å². The molecule has 30 heavy (non-hydrogen) atoms. The van der Waals surface area contributed by atoms with Gasteiger partial charge in [0.15, 0.2) is 5.13 Å². The Bertz CT molecular complexity index is 1040. The number of carbonyl (C=O) groups is 2. The Labute approximate surface area is 177 Å². The number of pyridine rings is 1. The summed E-state index contributed by atoms with van der Waals surface area (Å²) in [6, 6.07) is 11.0. The number of amides is 3. The Morgan fingerprint density at radius 1 is 1.03 bits per heavy atom. The first kappa shape index (κ1) is 18.8. The van der Waals surface area contributed by atoms with E-state index in [9.17, 15) is 9.59 Å². The Morgan fingerprint density at radius 2 is 1.80 bits per heavy atom. The number of benzene rings is 1. The number of hydrogen-bond donors (Lipinski definition) is 2. The van der Waals surface area contributed by atoms with Gasteiger partial charge in [0.1, 0.15) is 10.3 Å². The van der Waals surface area contributed by atoms with Crippen molar-refractivity contribution < 1.29 is 9.59 Å². The minimum absolute atomic E-state index is 0.00889. The van der Waals surface area contributed by atoms with Gasteiger partial charge < -0.3 is 20.4 Å². The number of rotatable bonds is 4. The van der Waals surface area contributed by atoms with E-state index in [1.807, 2.05) is 17.0 Å². The lowest BCUT2D eigenvalue weighted by Gasteiger charge is -2.34. The maximum Gasteiger partial charge on any atom is 0.319 e. The van der Waals surface area contributed by atoms with Gasteiger partial charge in [-0.2, -0.15) is 0 Å². The van der Waals surface area contributed by atoms with E-state index in [2.05, 4.69) is 25.5 Å². The number of fused-ring (bicyclic) bond motifs is 1. The lowest BCUT2D eigenvalue weighted by Crippen LogP contribution is -2.48. The molecule has 3 amide bonds. The number of urea groups is 1. The van der Waals surface area contributed by atoms with E-state index in [0.717, 1.165) is 41.4 Å². The highest BCUT2D eigenvalue weighted by atomic mass is 32.1. The number of nitrogens with zero attached hydrogens (tertiary/aromatic N) is 4. The molecule has 0 bridgehead atoms. The van der Waals surface area contributed by atoms with Crippen LogP contribution in [0.25, 0.3) is 10.3 Å². The zero-order valence-electron chi connectivity index (χ0n) is 16.4. The molecule has 2 fully saturated rings. The first-order chi connectivity index (χ1) is 14.7. The normalized spacial score (nSPS) is 16.5. The summed E-state index contributed by atoms with van der Waals surface area (Å²) in [6.07, 6.45) is 3.87. The molecule has 1 saturated carbocycles. The molecule has 9 heteroatoms. The first-order valence-electron chi connectivity index (χ1n) is 10.1. The molecule has 3 aromatic rings. The van der Waals surface area contributed by atoms with Crippen molar-refractivity contribution in [3.63, 3.8) is 0 Å². The van der Waals surface area contributed by atoms with Crippen molar-refractivity contribution in [2.75, 3.05) is 36.4 Å². The zero-order chi connectivity index (χ0) is 20.5. The van der Waals surface area contributed by atoms with Crippen LogP contribution in [0.2, 0.25) is 0 Å². The largest absolute Gasteiger partial charge is 0.344 e. The van der Waals surface area contributed by atoms with Gasteiger partial charge in [0, 0.05) is 49.7 Å². The number of anilines is 2. The average Bonchev–Trinajstić information content (AvgIpc) is 3.47. The lowest BCUT2D eigenvalue weighted by atomic mass is 10.1. The number of nitrogens with one attached hydrogen (secondary N) is 2. The molecule has 5 rings (SSSR count). The zero-order valence-corrected chi connectivity index (χ0v) is 17.2. The van der Waals surface area contributed by atoms with Gasteiger partial charge in [0.25, 0.3) is 5.91 Å². The van der Waals surface area contributed by atoms with Crippen LogP contribution in [0.3, 0.4) is 0 Å². The highest BCUT2D eigenvalue weighted by molar-refractivity contribution is 7.21. The molecular formula is C21H22N6O2S. The van der Waals surface area contributed by atoms with Crippen LogP contribution >= 0.6 is 11.3 Å². The van der Waals surface area contributed by atoms with Gasteiger partial charge in [-0.05, 0) is 49.2 Å². The van der Waals surface area contributed by atoms with E-state index in [1.165, 1.54) is 0 Å². The van der Waals surface area contributed by atoms with Crippen LogP contribution in [0.5, 0.6) is 0 Å². The number of aromatic nitrogens is 2. The monoisotopic (exact) mass is 422 g/mol. The van der Waals surface area contributed by atoms with Crippen LogP contribution in [-0.4, -0.2) is 59.0 Å². The fraction of sp³-hybridized carbons (Fsp3) is 0.333. The first-order valence-corrected chi connectivity index (χ1v) is 10.9. The van der Waals surface area contributed by atoms with Gasteiger partial charge in [0.05, 0.1) is 0 Å². The summed E-state index contributed by atoms with van der Waals surface area (Å²) in [5.74, 6) is 0.00889. The standard InChI is InChI=1S/C21H22N6O2S/c28-19(14-3-5-15(6-4-14)23-20(29)24-16-7-8-16)26-10-12-27(13-11-26)21-25-17-2-1-9-22-18(17)30-21/h1-6,9,16H,7-8,10-13H2,(H2,23,24,29). The number of hydrogen-bond acceptors (Lipinski definition) is 6. The van der Waals surface area contributed by atoms with E-state index in [-0.39, 0.29) is 11.9 Å². The second-order valence-electron chi connectivity index (χ2n) is 7.55. The van der Waals surface area contributed by atoms with Crippen LogP contribution in [0, 0.1) is 0 Å². The summed E-state index contributed by atoms with van der Waals surface area (Å²) in [5, 5.41) is 6.64. The predicted octanol–water partition coefficient (Wildman–Crippen LogP) is 2.94. The summed E-state index contributed by atoms with van der Waals surface area (Å²) in [6.45, 7) is 2.77. The molecule has 1 aliphatic heterocycles. The minimum atomic E-state index is -0.197. The third kappa shape index (κ3) is 4.06. The number of piperazine rings is 1. The van der Waals surface area contributed by atoms with Crippen LogP contribution in [0.15, 0.2) is 42.6 Å². The minimum Gasteiger partial charge on any atom is -0.344 e. The molecule has 2 aromatic heterocycles. The van der Waals surface area contributed by atoms with Gasteiger partial charge in [0.2, 0.25) is 0 Å². The summed E-state index contributed by atoms with van der Waals surface area (Å²) in [5.41, 5.74) is 2.22. The number of carbonyl (C=O) groups excluding carboxylic acids is 2. The molecule has 3 heterocycles. The molecule has 0 atom stereocenters. The summed E-state index contributed by atoms with van der Waals surface area (Å²) in [7, 11) is 0. The Balaban J connectivity index is 1.17. The van der Waals surface area contributed by atoms with Crippen molar-refractivity contribution in [3.05, 3.63) is 48.2 Å². The lowest BCUT2D eigenvalue weighted by molar-refractivity contribution is 0.0747. The van der Waals surface area contributed by atoms with Crippen molar-refractivity contribution in [2.24, 2.45) is 0 Å². The molecule has 0 spiro atoms. The Hall–Kier alpha value is -3.20. The highest BCUT2D eigenvalue weighted by Gasteiger charge is 2.25. The van der Waals surface area contributed by atoms with E-state index < -0.39 is 0 Å². The van der Waals surface area contributed by atoms with Crippen molar-refractivity contribution in [2.45, 2.75) is 18.9 Å². The maximum absolute atomic E-state index is 12.9. The fourth-order valence-electron chi connectivity index (χ4n) is 3.45. The third-order valence-electron chi connectivity index (χ3n) is 5.29. The van der Waals surface area contributed by atoms with Gasteiger partial charge in [-0.1, -0.05) is 11.3 Å². The predicted molar refractivity (Wildman–Crippen MR) is 117 cm³/mol. The van der Waals surface area contributed by atoms with Crippen molar-refractivity contribution >= 4 is 44.4 Å². The average molecular weight is 423 g/mol. The molecule has 2 aliphatic rings. The molecule has 0 radical (unpaired) electrons. The molecule has 1 aromatic carbocycles. The molecular weight excluding hydrogens is 400 g/mol. The summed E-state index contributed by atoms with van der Waals surface area (Å²) in [4.78, 5) is 38.7. The quantitative estimate of drug-likeness (QED) is 0.675. The summed E-state index contributed by atoms with van der Waals surface area (Å²) < 4.78 is 0. The highest BCUT2D eigenvalue weighted by Crippen LogP contribution is 2.28. The molecule has 154 valence electrons. The van der Waals surface area contributed by atoms with Crippen molar-refractivity contribution in [1.82, 2.24) is 20.2 Å². The van der Waals surface area contributed by atoms with E-state index in [0.29, 0.717) is 30.4 Å². The van der Waals surface area contributed by atoms with Crippen molar-refractivity contribution in [1.29, 1.82) is 0 Å². The fourth-order valence-corrected chi connectivity index (χ4v) is 4.41. The maximum atomic E-state index is 12.9. The SMILES string of the molecule is O=C(Nc1ccc(C(=O)N2CCN(c3nc4cccnc4s3)CC2)cc1)NC1CC1. The second kappa shape index (κ2) is 7.91. The third-order valence-corrected chi connectivity index (χ3v) is 6.33. The second-order valence-corrected chi connectivity index (χ2v) is 8.51. The van der Waals surface area contributed by atoms with Crippen LogP contribution < -0.4 is 15.5 Å². The van der Waals surface area contributed by atoms with Gasteiger partial charge in [-0.3, -0.25) is 4.79 Å². The van der Waals surface area contributed by atoms with Gasteiger partial charge >= 0.3 is 6.03 Å². The number of thiazole rings is 1. The molecule has 1 aliphatic carbocycles. The van der Waals surface area contributed by atoms with Gasteiger partial charge in [-0.15, -0.1) is 0 Å². The topological polar surface area (TPSA) is 90.5 Å². The van der Waals surface area contributed by atoms with E-state index >= 15 is 0 Å². The Morgan fingerprint density at radius 3 is 2.50 bits per heavy atom. The summed E-state index contributed by atoms with van der Waals surface area (Å²) >= 11 is 1.58. The molecule has 0 unspecified atom stereocenters. The smallest absolute Gasteiger partial charge is 0.319 e.